The van der Waals surface area contributed by atoms with Gasteiger partial charge in [-0.25, -0.2) is 0 Å². The lowest BCUT2D eigenvalue weighted by Gasteiger charge is -2.09. The summed E-state index contributed by atoms with van der Waals surface area (Å²) in [6.45, 7) is 0.0852. The summed E-state index contributed by atoms with van der Waals surface area (Å²) in [7, 11) is 0. The summed E-state index contributed by atoms with van der Waals surface area (Å²) >= 11 is 6.54. The summed E-state index contributed by atoms with van der Waals surface area (Å²) in [5.74, 6) is 0.456. The number of halogens is 2. The van der Waals surface area contributed by atoms with Gasteiger partial charge in [-0.05, 0) is 28.1 Å². The topological polar surface area (TPSA) is 46.5 Å². The van der Waals surface area contributed by atoms with E-state index in [0.717, 1.165) is 4.47 Å². The van der Waals surface area contributed by atoms with Crippen LogP contribution >= 0.6 is 31.9 Å². The molecule has 1 aromatic carbocycles. The van der Waals surface area contributed by atoms with Crippen molar-refractivity contribution >= 4 is 38.1 Å². The lowest BCUT2D eigenvalue weighted by atomic mass is 10.2. The Morgan fingerprint density at radius 3 is 2.71 bits per heavy atom. The fraction of sp³-hybridized carbons (Fsp3) is 0.222. The Kier molecular flexibility index (Phi) is 4.57. The SMILES string of the molecule is O=Cc1cc(Br)cc(Br)c1OCCO. The van der Waals surface area contributed by atoms with E-state index >= 15 is 0 Å². The number of hydrogen-bond donors (Lipinski definition) is 1. The van der Waals surface area contributed by atoms with Crippen LogP contribution < -0.4 is 4.74 Å². The minimum Gasteiger partial charge on any atom is -0.489 e. The van der Waals surface area contributed by atoms with E-state index in [4.69, 9.17) is 9.84 Å². The predicted molar refractivity (Wildman–Crippen MR) is 59.8 cm³/mol. The highest BCUT2D eigenvalue weighted by molar-refractivity contribution is 9.11. The Morgan fingerprint density at radius 1 is 1.43 bits per heavy atom. The van der Waals surface area contributed by atoms with Crippen LogP contribution in [0.5, 0.6) is 5.75 Å². The molecule has 0 saturated heterocycles. The molecule has 0 aliphatic carbocycles. The quantitative estimate of drug-likeness (QED) is 0.865. The molecule has 1 N–H and O–H groups in total. The normalized spacial score (nSPS) is 9.93. The fourth-order valence-corrected chi connectivity index (χ4v) is 2.34. The second-order valence-electron chi connectivity index (χ2n) is 2.50. The van der Waals surface area contributed by atoms with Gasteiger partial charge in [0.1, 0.15) is 12.4 Å². The maximum Gasteiger partial charge on any atom is 0.153 e. The number of hydrogen-bond acceptors (Lipinski definition) is 3. The monoisotopic (exact) mass is 322 g/mol. The fourth-order valence-electron chi connectivity index (χ4n) is 0.968. The number of aliphatic hydroxyl groups is 1. The Hall–Kier alpha value is -0.390. The van der Waals surface area contributed by atoms with Gasteiger partial charge < -0.3 is 9.84 Å². The van der Waals surface area contributed by atoms with E-state index in [1.165, 1.54) is 0 Å². The number of ether oxygens (including phenoxy) is 1. The molecule has 0 aromatic heterocycles. The summed E-state index contributed by atoms with van der Waals surface area (Å²) in [5.41, 5.74) is 0.444. The van der Waals surface area contributed by atoms with E-state index in [0.29, 0.717) is 22.1 Å². The van der Waals surface area contributed by atoms with Crippen molar-refractivity contribution in [1.29, 1.82) is 0 Å². The summed E-state index contributed by atoms with van der Waals surface area (Å²) in [6.07, 6.45) is 0.711. The molecule has 1 aromatic rings. The zero-order valence-electron chi connectivity index (χ0n) is 7.17. The molecule has 0 heterocycles. The molecule has 0 aliphatic rings. The van der Waals surface area contributed by atoms with E-state index in [1.54, 1.807) is 12.1 Å². The van der Waals surface area contributed by atoms with Crippen molar-refractivity contribution in [2.24, 2.45) is 0 Å². The molecule has 0 unspecified atom stereocenters. The summed E-state index contributed by atoms with van der Waals surface area (Å²) in [4.78, 5) is 10.7. The molecule has 0 amide bonds. The van der Waals surface area contributed by atoms with Gasteiger partial charge in [0.15, 0.2) is 6.29 Å². The first-order valence-electron chi connectivity index (χ1n) is 3.87. The highest BCUT2D eigenvalue weighted by Gasteiger charge is 2.09. The smallest absolute Gasteiger partial charge is 0.153 e. The lowest BCUT2D eigenvalue weighted by molar-refractivity contribution is 0.111. The molecule has 0 radical (unpaired) electrons. The van der Waals surface area contributed by atoms with Gasteiger partial charge in [0.05, 0.1) is 16.6 Å². The van der Waals surface area contributed by atoms with E-state index in [9.17, 15) is 4.79 Å². The minimum atomic E-state index is -0.0825. The van der Waals surface area contributed by atoms with Gasteiger partial charge in [-0.1, -0.05) is 15.9 Å². The van der Waals surface area contributed by atoms with Gasteiger partial charge >= 0.3 is 0 Å². The third kappa shape index (κ3) is 2.80. The van der Waals surface area contributed by atoms with Crippen molar-refractivity contribution in [2.45, 2.75) is 0 Å². The molecule has 0 fully saturated rings. The Morgan fingerprint density at radius 2 is 2.14 bits per heavy atom. The molecule has 14 heavy (non-hydrogen) atoms. The Labute approximate surface area is 98.3 Å². The van der Waals surface area contributed by atoms with Gasteiger partial charge in [0.2, 0.25) is 0 Å². The number of carbonyl (C=O) groups excluding carboxylic acids is 1. The molecule has 3 nitrogen and oxygen atoms in total. The van der Waals surface area contributed by atoms with Crippen LogP contribution in [0.1, 0.15) is 10.4 Å². The van der Waals surface area contributed by atoms with Gasteiger partial charge in [0.25, 0.3) is 0 Å². The number of benzene rings is 1. The van der Waals surface area contributed by atoms with Crippen molar-refractivity contribution < 1.29 is 14.6 Å². The largest absolute Gasteiger partial charge is 0.489 e. The summed E-state index contributed by atoms with van der Waals surface area (Å²) in [6, 6.07) is 3.43. The van der Waals surface area contributed by atoms with E-state index in [-0.39, 0.29) is 13.2 Å². The molecule has 0 bridgehead atoms. The van der Waals surface area contributed by atoms with Crippen LogP contribution in [0.15, 0.2) is 21.1 Å². The lowest BCUT2D eigenvalue weighted by Crippen LogP contribution is -2.04. The molecule has 76 valence electrons. The molecule has 0 spiro atoms. The third-order valence-electron chi connectivity index (χ3n) is 1.50. The number of carbonyl (C=O) groups is 1. The average molecular weight is 324 g/mol. The van der Waals surface area contributed by atoms with Crippen molar-refractivity contribution in [3.63, 3.8) is 0 Å². The zero-order chi connectivity index (χ0) is 10.6. The van der Waals surface area contributed by atoms with Crippen LogP contribution in [0, 0.1) is 0 Å². The van der Waals surface area contributed by atoms with Crippen LogP contribution in [0.3, 0.4) is 0 Å². The molecule has 1 rings (SSSR count). The Bertz CT molecular complexity index is 339. The Balaban J connectivity index is 3.05. The van der Waals surface area contributed by atoms with Crippen LogP contribution in [-0.2, 0) is 0 Å². The first-order valence-corrected chi connectivity index (χ1v) is 5.45. The van der Waals surface area contributed by atoms with Crippen molar-refractivity contribution in [3.8, 4) is 5.75 Å². The third-order valence-corrected chi connectivity index (χ3v) is 2.55. The molecule has 0 atom stereocenters. The van der Waals surface area contributed by atoms with Crippen molar-refractivity contribution in [1.82, 2.24) is 0 Å². The second kappa shape index (κ2) is 5.48. The summed E-state index contributed by atoms with van der Waals surface area (Å²) in [5, 5.41) is 8.60. The predicted octanol–water partition coefficient (Wildman–Crippen LogP) is 2.40. The molecule has 0 aliphatic heterocycles. The van der Waals surface area contributed by atoms with Gasteiger partial charge in [-0.2, -0.15) is 0 Å². The first kappa shape index (κ1) is 11.7. The second-order valence-corrected chi connectivity index (χ2v) is 4.27. The zero-order valence-corrected chi connectivity index (χ0v) is 10.3. The molecule has 0 saturated carbocycles. The number of aliphatic hydroxyl groups excluding tert-OH is 1. The minimum absolute atomic E-state index is 0.0825. The molecular weight excluding hydrogens is 316 g/mol. The van der Waals surface area contributed by atoms with Crippen molar-refractivity contribution in [3.05, 3.63) is 26.6 Å². The van der Waals surface area contributed by atoms with Crippen LogP contribution in [0.4, 0.5) is 0 Å². The highest BCUT2D eigenvalue weighted by atomic mass is 79.9. The van der Waals surface area contributed by atoms with Gasteiger partial charge in [-0.3, -0.25) is 4.79 Å². The first-order chi connectivity index (χ1) is 6.69. The standard InChI is InChI=1S/C9H8Br2O3/c10-7-3-6(5-13)9(8(11)4-7)14-2-1-12/h3-5,12H,1-2H2. The molecule has 5 heteroatoms. The van der Waals surface area contributed by atoms with E-state index in [2.05, 4.69) is 31.9 Å². The van der Waals surface area contributed by atoms with Gasteiger partial charge in [0, 0.05) is 4.47 Å². The maximum absolute atomic E-state index is 10.7. The van der Waals surface area contributed by atoms with Crippen LogP contribution in [-0.4, -0.2) is 24.6 Å². The van der Waals surface area contributed by atoms with Crippen molar-refractivity contribution in [2.75, 3.05) is 13.2 Å². The maximum atomic E-state index is 10.7. The summed E-state index contributed by atoms with van der Waals surface area (Å²) < 4.78 is 6.69. The molecular formula is C9H8Br2O3. The number of aldehydes is 1. The average Bonchev–Trinajstić information content (AvgIpc) is 2.15. The highest BCUT2D eigenvalue weighted by Crippen LogP contribution is 2.31. The number of rotatable bonds is 4. The van der Waals surface area contributed by atoms with Crippen LogP contribution in [0.25, 0.3) is 0 Å². The van der Waals surface area contributed by atoms with E-state index in [1.807, 2.05) is 0 Å². The van der Waals surface area contributed by atoms with Crippen LogP contribution in [0.2, 0.25) is 0 Å². The van der Waals surface area contributed by atoms with E-state index < -0.39 is 0 Å². The van der Waals surface area contributed by atoms with Gasteiger partial charge in [-0.15, -0.1) is 0 Å².